The van der Waals surface area contributed by atoms with Crippen molar-refractivity contribution in [1.29, 1.82) is 0 Å². The summed E-state index contributed by atoms with van der Waals surface area (Å²) < 4.78 is 5.64. The van der Waals surface area contributed by atoms with E-state index in [9.17, 15) is 19.2 Å². The van der Waals surface area contributed by atoms with Gasteiger partial charge in [0, 0.05) is 5.56 Å². The van der Waals surface area contributed by atoms with Gasteiger partial charge >= 0.3 is 12.0 Å². The van der Waals surface area contributed by atoms with Crippen molar-refractivity contribution < 1.29 is 29.0 Å². The molecule has 0 radical (unpaired) electrons. The van der Waals surface area contributed by atoms with Crippen molar-refractivity contribution in [3.63, 3.8) is 0 Å². The summed E-state index contributed by atoms with van der Waals surface area (Å²) in [5.41, 5.74) is 0.438. The summed E-state index contributed by atoms with van der Waals surface area (Å²) in [6, 6.07) is 11.2. The zero-order valence-corrected chi connectivity index (χ0v) is 15.5. The van der Waals surface area contributed by atoms with Gasteiger partial charge in [-0.05, 0) is 42.8 Å². The van der Waals surface area contributed by atoms with Crippen LogP contribution in [0.4, 0.5) is 10.5 Å². The number of ether oxygens (including phenoxy) is 1. The molecule has 1 fully saturated rings. The van der Waals surface area contributed by atoms with E-state index in [0.717, 1.165) is 11.3 Å². The number of nitrogens with one attached hydrogen (secondary N) is 1. The van der Waals surface area contributed by atoms with E-state index in [1.54, 1.807) is 24.3 Å². The van der Waals surface area contributed by atoms with E-state index >= 15 is 0 Å². The van der Waals surface area contributed by atoms with Crippen LogP contribution in [0.5, 0.6) is 5.75 Å². The SMILES string of the molecule is CCCOc1ccccc1/C=C1\C(=O)NC(=O)N(c2ccc(C(=O)O)cc2)C1=O. The van der Waals surface area contributed by atoms with Crippen molar-refractivity contribution in [3.8, 4) is 5.75 Å². The van der Waals surface area contributed by atoms with Crippen LogP contribution < -0.4 is 15.0 Å². The summed E-state index contributed by atoms with van der Waals surface area (Å²) in [5.74, 6) is -2.25. The average Bonchev–Trinajstić information content (AvgIpc) is 2.70. The summed E-state index contributed by atoms with van der Waals surface area (Å²) in [5, 5.41) is 11.1. The van der Waals surface area contributed by atoms with Gasteiger partial charge in [0.25, 0.3) is 11.8 Å². The van der Waals surface area contributed by atoms with Gasteiger partial charge in [0.2, 0.25) is 0 Å². The third-order valence-corrected chi connectivity index (χ3v) is 4.15. The highest BCUT2D eigenvalue weighted by Gasteiger charge is 2.37. The Hall–Kier alpha value is -3.94. The van der Waals surface area contributed by atoms with E-state index in [0.29, 0.717) is 17.9 Å². The number of carbonyl (C=O) groups excluding carboxylic acids is 3. The van der Waals surface area contributed by atoms with Crippen molar-refractivity contribution in [2.45, 2.75) is 13.3 Å². The minimum absolute atomic E-state index is 0.00691. The average molecular weight is 394 g/mol. The highest BCUT2D eigenvalue weighted by Crippen LogP contribution is 2.25. The highest BCUT2D eigenvalue weighted by atomic mass is 16.5. The number of imide groups is 2. The molecule has 1 aliphatic rings. The van der Waals surface area contributed by atoms with E-state index < -0.39 is 23.8 Å². The number of rotatable bonds is 6. The molecule has 3 rings (SSSR count). The fourth-order valence-electron chi connectivity index (χ4n) is 2.74. The second kappa shape index (κ2) is 8.39. The first-order chi connectivity index (χ1) is 13.9. The van der Waals surface area contributed by atoms with Crippen molar-refractivity contribution >= 4 is 35.6 Å². The Balaban J connectivity index is 1.97. The second-order valence-corrected chi connectivity index (χ2v) is 6.20. The van der Waals surface area contributed by atoms with E-state index in [2.05, 4.69) is 5.32 Å². The van der Waals surface area contributed by atoms with E-state index in [1.165, 1.54) is 30.3 Å². The van der Waals surface area contributed by atoms with Crippen LogP contribution in [-0.4, -0.2) is 35.5 Å². The number of carboxylic acid groups (broad SMARTS) is 1. The third kappa shape index (κ3) is 4.16. The molecule has 1 saturated heterocycles. The van der Waals surface area contributed by atoms with Gasteiger partial charge in [0.15, 0.2) is 0 Å². The maximum Gasteiger partial charge on any atom is 0.335 e. The predicted molar refractivity (Wildman–Crippen MR) is 105 cm³/mol. The number of anilines is 1. The van der Waals surface area contributed by atoms with E-state index in [-0.39, 0.29) is 16.8 Å². The van der Waals surface area contributed by atoms with Gasteiger partial charge in [0.05, 0.1) is 17.9 Å². The van der Waals surface area contributed by atoms with Gasteiger partial charge < -0.3 is 9.84 Å². The molecule has 0 saturated carbocycles. The zero-order valence-electron chi connectivity index (χ0n) is 15.5. The molecule has 1 aliphatic heterocycles. The van der Waals surface area contributed by atoms with Gasteiger partial charge in [-0.2, -0.15) is 0 Å². The fraction of sp³-hybridized carbons (Fsp3) is 0.143. The summed E-state index contributed by atoms with van der Waals surface area (Å²) in [6.45, 7) is 2.43. The summed E-state index contributed by atoms with van der Waals surface area (Å²) >= 11 is 0. The molecule has 4 amide bonds. The molecule has 0 aliphatic carbocycles. The molecular weight excluding hydrogens is 376 g/mol. The normalized spacial score (nSPS) is 15.4. The fourth-order valence-corrected chi connectivity index (χ4v) is 2.74. The highest BCUT2D eigenvalue weighted by molar-refractivity contribution is 6.39. The van der Waals surface area contributed by atoms with Crippen molar-refractivity contribution in [2.24, 2.45) is 0 Å². The summed E-state index contributed by atoms with van der Waals surface area (Å²) in [4.78, 5) is 49.2. The third-order valence-electron chi connectivity index (χ3n) is 4.15. The number of carbonyl (C=O) groups is 4. The Morgan fingerprint density at radius 1 is 1.10 bits per heavy atom. The summed E-state index contributed by atoms with van der Waals surface area (Å²) in [7, 11) is 0. The molecule has 8 nitrogen and oxygen atoms in total. The molecule has 2 aromatic carbocycles. The van der Waals surface area contributed by atoms with Crippen LogP contribution in [0, 0.1) is 0 Å². The smallest absolute Gasteiger partial charge is 0.335 e. The van der Waals surface area contributed by atoms with Gasteiger partial charge in [-0.25, -0.2) is 14.5 Å². The lowest BCUT2D eigenvalue weighted by atomic mass is 10.1. The standard InChI is InChI=1S/C21H18N2O6/c1-2-11-29-17-6-4-3-5-14(17)12-16-18(24)22-21(28)23(19(16)25)15-9-7-13(8-10-15)20(26)27/h3-10,12H,2,11H2,1H3,(H,26,27)(H,22,24,28)/b16-12+. The van der Waals surface area contributed by atoms with Gasteiger partial charge in [0.1, 0.15) is 11.3 Å². The van der Waals surface area contributed by atoms with Crippen LogP contribution in [0.3, 0.4) is 0 Å². The van der Waals surface area contributed by atoms with Crippen LogP contribution in [0.25, 0.3) is 6.08 Å². The number of hydrogen-bond acceptors (Lipinski definition) is 5. The minimum Gasteiger partial charge on any atom is -0.493 e. The lowest BCUT2D eigenvalue weighted by Gasteiger charge is -2.26. The molecule has 0 unspecified atom stereocenters. The van der Waals surface area contributed by atoms with E-state index in [4.69, 9.17) is 9.84 Å². The van der Waals surface area contributed by atoms with Crippen LogP contribution in [0.2, 0.25) is 0 Å². The van der Waals surface area contributed by atoms with Crippen LogP contribution in [0.15, 0.2) is 54.1 Å². The molecule has 1 heterocycles. The first-order valence-electron chi connectivity index (χ1n) is 8.89. The van der Waals surface area contributed by atoms with Gasteiger partial charge in [-0.15, -0.1) is 0 Å². The number of benzene rings is 2. The predicted octanol–water partition coefficient (Wildman–Crippen LogP) is 2.84. The van der Waals surface area contributed by atoms with E-state index in [1.807, 2.05) is 6.92 Å². The number of barbiturate groups is 1. The lowest BCUT2D eigenvalue weighted by Crippen LogP contribution is -2.54. The van der Waals surface area contributed by atoms with Gasteiger partial charge in [-0.1, -0.05) is 25.1 Å². The van der Waals surface area contributed by atoms with Crippen molar-refractivity contribution in [2.75, 3.05) is 11.5 Å². The number of nitrogens with zero attached hydrogens (tertiary/aromatic N) is 1. The summed E-state index contributed by atoms with van der Waals surface area (Å²) in [6.07, 6.45) is 2.16. The van der Waals surface area contributed by atoms with Crippen molar-refractivity contribution in [3.05, 3.63) is 65.2 Å². The molecular formula is C21H18N2O6. The van der Waals surface area contributed by atoms with Crippen LogP contribution >= 0.6 is 0 Å². The lowest BCUT2D eigenvalue weighted by molar-refractivity contribution is -0.122. The first-order valence-corrected chi connectivity index (χ1v) is 8.89. The molecule has 0 aromatic heterocycles. The molecule has 29 heavy (non-hydrogen) atoms. The maximum atomic E-state index is 12.9. The Morgan fingerprint density at radius 3 is 2.45 bits per heavy atom. The monoisotopic (exact) mass is 394 g/mol. The number of aromatic carboxylic acids is 1. The number of urea groups is 1. The number of amides is 4. The minimum atomic E-state index is -1.13. The number of para-hydroxylation sites is 1. The topological polar surface area (TPSA) is 113 Å². The molecule has 0 atom stereocenters. The Kier molecular flexibility index (Phi) is 5.73. The Bertz CT molecular complexity index is 1010. The molecule has 2 aromatic rings. The zero-order chi connectivity index (χ0) is 21.0. The quantitative estimate of drug-likeness (QED) is 0.575. The van der Waals surface area contributed by atoms with Crippen molar-refractivity contribution in [1.82, 2.24) is 5.32 Å². The Morgan fingerprint density at radius 2 is 1.79 bits per heavy atom. The van der Waals surface area contributed by atoms with Crippen LogP contribution in [-0.2, 0) is 9.59 Å². The van der Waals surface area contributed by atoms with Gasteiger partial charge in [-0.3, -0.25) is 14.9 Å². The molecule has 148 valence electrons. The maximum absolute atomic E-state index is 12.9. The number of carboxylic acids is 1. The first kappa shape index (κ1) is 19.8. The molecule has 2 N–H and O–H groups in total. The number of hydrogen-bond donors (Lipinski definition) is 2. The molecule has 0 bridgehead atoms. The second-order valence-electron chi connectivity index (χ2n) is 6.20. The largest absolute Gasteiger partial charge is 0.493 e. The van der Waals surface area contributed by atoms with Crippen LogP contribution in [0.1, 0.15) is 29.3 Å². The Labute approximate surface area is 166 Å². The molecule has 0 spiro atoms. The molecule has 8 heteroatoms.